The maximum Gasteiger partial charge on any atom is 0.342 e. The van der Waals surface area contributed by atoms with Gasteiger partial charge in [0.15, 0.2) is 6.61 Å². The number of hydrogen-bond acceptors (Lipinski definition) is 6. The number of nitrogens with one attached hydrogen (secondary N) is 2. The van der Waals surface area contributed by atoms with Crippen LogP contribution in [0, 0.1) is 0 Å². The van der Waals surface area contributed by atoms with Gasteiger partial charge in [-0.25, -0.2) is 14.5 Å². The highest BCUT2D eigenvalue weighted by Gasteiger charge is 2.19. The average Bonchev–Trinajstić information content (AvgIpc) is 3.31. The van der Waals surface area contributed by atoms with E-state index in [0.717, 1.165) is 0 Å². The van der Waals surface area contributed by atoms with Crippen LogP contribution in [0.2, 0.25) is 5.02 Å². The average molecular weight is 389 g/mol. The van der Waals surface area contributed by atoms with Gasteiger partial charge < -0.3 is 10.1 Å². The van der Waals surface area contributed by atoms with Crippen LogP contribution in [0.5, 0.6) is 0 Å². The molecule has 0 saturated carbocycles. The van der Waals surface area contributed by atoms with Gasteiger partial charge >= 0.3 is 5.97 Å². The SMILES string of the molecule is CC(C)c1[nH]ncc1C(=O)OCC(=O)Nc1cc(Cl)ccc1-n1cncn1. The molecule has 0 aliphatic heterocycles. The minimum atomic E-state index is -0.620. The highest BCUT2D eigenvalue weighted by molar-refractivity contribution is 6.31. The summed E-state index contributed by atoms with van der Waals surface area (Å²) < 4.78 is 6.58. The number of nitrogens with zero attached hydrogens (tertiary/aromatic N) is 4. The predicted molar refractivity (Wildman–Crippen MR) is 98.0 cm³/mol. The van der Waals surface area contributed by atoms with Crippen LogP contribution in [0.4, 0.5) is 5.69 Å². The smallest absolute Gasteiger partial charge is 0.342 e. The monoisotopic (exact) mass is 388 g/mol. The van der Waals surface area contributed by atoms with E-state index in [1.807, 2.05) is 13.8 Å². The summed E-state index contributed by atoms with van der Waals surface area (Å²) in [6, 6.07) is 4.94. The molecule has 0 fully saturated rings. The highest BCUT2D eigenvalue weighted by Crippen LogP contribution is 2.24. The van der Waals surface area contributed by atoms with E-state index in [2.05, 4.69) is 25.6 Å². The molecule has 140 valence electrons. The molecule has 3 aromatic rings. The van der Waals surface area contributed by atoms with E-state index in [1.54, 1.807) is 18.2 Å². The second-order valence-electron chi connectivity index (χ2n) is 5.98. The Morgan fingerprint density at radius 1 is 1.37 bits per heavy atom. The van der Waals surface area contributed by atoms with Gasteiger partial charge in [0.25, 0.3) is 5.91 Å². The molecule has 27 heavy (non-hydrogen) atoms. The number of benzene rings is 1. The van der Waals surface area contributed by atoms with Crippen molar-refractivity contribution in [2.45, 2.75) is 19.8 Å². The van der Waals surface area contributed by atoms with Gasteiger partial charge in [0.05, 0.1) is 23.3 Å². The van der Waals surface area contributed by atoms with Crippen molar-refractivity contribution >= 4 is 29.2 Å². The number of ether oxygens (including phenoxy) is 1. The summed E-state index contributed by atoms with van der Waals surface area (Å²) in [6.07, 6.45) is 4.25. The standard InChI is InChI=1S/C17H17ClN6O3/c1-10(2)16-12(6-20-23-16)17(26)27-7-15(25)22-13-5-11(18)3-4-14(13)24-9-19-8-21-24/h3-6,8-10H,7H2,1-2H3,(H,20,23)(H,22,25). The van der Waals surface area contributed by atoms with Crippen LogP contribution in [0.25, 0.3) is 5.69 Å². The molecular weight excluding hydrogens is 372 g/mol. The van der Waals surface area contributed by atoms with Crippen molar-refractivity contribution in [2.24, 2.45) is 0 Å². The maximum absolute atomic E-state index is 12.2. The normalized spacial score (nSPS) is 10.8. The lowest BCUT2D eigenvalue weighted by molar-refractivity contribution is -0.119. The second-order valence-corrected chi connectivity index (χ2v) is 6.41. The van der Waals surface area contributed by atoms with Crippen molar-refractivity contribution in [1.29, 1.82) is 0 Å². The van der Waals surface area contributed by atoms with Gasteiger partial charge in [0.2, 0.25) is 0 Å². The molecule has 10 heteroatoms. The van der Waals surface area contributed by atoms with E-state index < -0.39 is 18.5 Å². The van der Waals surface area contributed by atoms with Gasteiger partial charge in [-0.15, -0.1) is 0 Å². The summed E-state index contributed by atoms with van der Waals surface area (Å²) in [7, 11) is 0. The number of carbonyl (C=O) groups excluding carboxylic acids is 2. The molecule has 0 spiro atoms. The van der Waals surface area contributed by atoms with Crippen LogP contribution < -0.4 is 5.32 Å². The number of anilines is 1. The Labute approximate surface area is 159 Å². The minimum absolute atomic E-state index is 0.0700. The molecule has 2 aromatic heterocycles. The molecule has 0 aliphatic carbocycles. The van der Waals surface area contributed by atoms with Gasteiger partial charge in [0, 0.05) is 5.02 Å². The third kappa shape index (κ3) is 4.32. The molecule has 3 rings (SSSR count). The Morgan fingerprint density at radius 3 is 2.89 bits per heavy atom. The molecule has 0 bridgehead atoms. The van der Waals surface area contributed by atoms with Crippen LogP contribution in [0.3, 0.4) is 0 Å². The first-order chi connectivity index (χ1) is 13.0. The van der Waals surface area contributed by atoms with E-state index in [0.29, 0.717) is 27.7 Å². The first kappa shape index (κ1) is 18.6. The molecule has 0 radical (unpaired) electrons. The van der Waals surface area contributed by atoms with Gasteiger partial charge in [-0.3, -0.25) is 9.89 Å². The van der Waals surface area contributed by atoms with Crippen molar-refractivity contribution in [3.8, 4) is 5.69 Å². The van der Waals surface area contributed by atoms with E-state index in [1.165, 1.54) is 23.5 Å². The van der Waals surface area contributed by atoms with Crippen LogP contribution in [0.1, 0.15) is 35.8 Å². The van der Waals surface area contributed by atoms with Crippen molar-refractivity contribution in [2.75, 3.05) is 11.9 Å². The summed E-state index contributed by atoms with van der Waals surface area (Å²) in [4.78, 5) is 28.3. The number of hydrogen-bond donors (Lipinski definition) is 2. The zero-order valence-electron chi connectivity index (χ0n) is 14.6. The molecule has 0 atom stereocenters. The summed E-state index contributed by atoms with van der Waals surface area (Å²) in [5, 5.41) is 13.7. The lowest BCUT2D eigenvalue weighted by atomic mass is 10.1. The molecule has 9 nitrogen and oxygen atoms in total. The van der Waals surface area contributed by atoms with E-state index in [4.69, 9.17) is 16.3 Å². The molecule has 2 N–H and O–H groups in total. The molecule has 0 aliphatic rings. The minimum Gasteiger partial charge on any atom is -0.452 e. The van der Waals surface area contributed by atoms with Crippen LogP contribution in [-0.2, 0) is 9.53 Å². The molecule has 0 saturated heterocycles. The topological polar surface area (TPSA) is 115 Å². The highest BCUT2D eigenvalue weighted by atomic mass is 35.5. The van der Waals surface area contributed by atoms with Crippen molar-refractivity contribution in [1.82, 2.24) is 25.0 Å². The lowest BCUT2D eigenvalue weighted by Gasteiger charge is -2.12. The number of halogens is 1. The Morgan fingerprint density at radius 2 is 2.19 bits per heavy atom. The fourth-order valence-corrected chi connectivity index (χ4v) is 2.61. The molecule has 1 aromatic carbocycles. The van der Waals surface area contributed by atoms with Gasteiger partial charge in [-0.1, -0.05) is 25.4 Å². The zero-order chi connectivity index (χ0) is 19.4. The number of aromatic nitrogens is 5. The third-order valence-corrected chi connectivity index (χ3v) is 3.93. The number of esters is 1. The van der Waals surface area contributed by atoms with Gasteiger partial charge in [-0.05, 0) is 24.1 Å². The summed E-state index contributed by atoms with van der Waals surface area (Å²) in [5.41, 5.74) is 1.96. The Balaban J connectivity index is 1.67. The van der Waals surface area contributed by atoms with Gasteiger partial charge in [-0.2, -0.15) is 10.2 Å². The first-order valence-corrected chi connectivity index (χ1v) is 8.48. The Kier molecular flexibility index (Phi) is 5.51. The third-order valence-electron chi connectivity index (χ3n) is 3.70. The van der Waals surface area contributed by atoms with Crippen LogP contribution in [-0.4, -0.2) is 43.4 Å². The van der Waals surface area contributed by atoms with Crippen LogP contribution in [0.15, 0.2) is 37.1 Å². The number of amides is 1. The number of H-pyrrole nitrogens is 1. The second kappa shape index (κ2) is 8.00. The molecule has 0 unspecified atom stereocenters. The quantitative estimate of drug-likeness (QED) is 0.627. The number of aromatic amines is 1. The number of carbonyl (C=O) groups is 2. The largest absolute Gasteiger partial charge is 0.452 e. The van der Waals surface area contributed by atoms with E-state index in [9.17, 15) is 9.59 Å². The summed E-state index contributed by atoms with van der Waals surface area (Å²) in [5.74, 6) is -1.06. The van der Waals surface area contributed by atoms with Crippen LogP contribution >= 0.6 is 11.6 Å². The molecule has 2 heterocycles. The van der Waals surface area contributed by atoms with E-state index >= 15 is 0 Å². The number of rotatable bonds is 6. The van der Waals surface area contributed by atoms with Crippen molar-refractivity contribution < 1.29 is 14.3 Å². The lowest BCUT2D eigenvalue weighted by Crippen LogP contribution is -2.22. The first-order valence-electron chi connectivity index (χ1n) is 8.10. The molecule has 1 amide bonds. The Hall–Kier alpha value is -3.20. The summed E-state index contributed by atoms with van der Waals surface area (Å²) >= 11 is 6.01. The van der Waals surface area contributed by atoms with Gasteiger partial charge in [0.1, 0.15) is 18.2 Å². The zero-order valence-corrected chi connectivity index (χ0v) is 15.4. The Bertz CT molecular complexity index is 951. The summed E-state index contributed by atoms with van der Waals surface area (Å²) in [6.45, 7) is 3.38. The fourth-order valence-electron chi connectivity index (χ4n) is 2.43. The van der Waals surface area contributed by atoms with E-state index in [-0.39, 0.29) is 5.92 Å². The van der Waals surface area contributed by atoms with Crippen molar-refractivity contribution in [3.05, 3.63) is 53.3 Å². The molecular formula is C17H17ClN6O3. The fraction of sp³-hybridized carbons (Fsp3) is 0.235. The predicted octanol–water partition coefficient (Wildman–Crippen LogP) is 2.56. The maximum atomic E-state index is 12.2. The van der Waals surface area contributed by atoms with Crippen molar-refractivity contribution in [3.63, 3.8) is 0 Å².